The number of ether oxygens (including phenoxy) is 1. The highest BCUT2D eigenvalue weighted by atomic mass is 79.9. The Balaban J connectivity index is 2.27. The van der Waals surface area contributed by atoms with Gasteiger partial charge in [-0.05, 0) is 36.4 Å². The predicted octanol–water partition coefficient (Wildman–Crippen LogP) is 3.69. The van der Waals surface area contributed by atoms with Gasteiger partial charge in [-0.2, -0.15) is 0 Å². The van der Waals surface area contributed by atoms with E-state index in [4.69, 9.17) is 0 Å². The average molecular weight is 334 g/mol. The highest BCUT2D eigenvalue weighted by Crippen LogP contribution is 2.21. The largest absolute Gasteiger partial charge is 0.507 e. The molecule has 0 unspecified atom stereocenters. The maximum absolute atomic E-state index is 11.4. The van der Waals surface area contributed by atoms with Crippen LogP contribution in [-0.4, -0.2) is 24.4 Å². The van der Waals surface area contributed by atoms with E-state index < -0.39 is 5.97 Å². The minimum absolute atomic E-state index is 0.140. The number of carbonyl (C=O) groups is 1. The van der Waals surface area contributed by atoms with Crippen molar-refractivity contribution in [2.75, 3.05) is 7.11 Å². The molecule has 0 aromatic heterocycles. The topological polar surface area (TPSA) is 58.9 Å². The van der Waals surface area contributed by atoms with Crippen LogP contribution < -0.4 is 0 Å². The zero-order chi connectivity index (χ0) is 14.5. The summed E-state index contributed by atoms with van der Waals surface area (Å²) in [6.07, 6.45) is 1.54. The summed E-state index contributed by atoms with van der Waals surface area (Å²) in [6.45, 7) is 0. The summed E-state index contributed by atoms with van der Waals surface area (Å²) >= 11 is 3.33. The number of hydrogen-bond acceptors (Lipinski definition) is 4. The first-order chi connectivity index (χ1) is 9.60. The summed E-state index contributed by atoms with van der Waals surface area (Å²) in [6, 6.07) is 11.8. The van der Waals surface area contributed by atoms with Crippen LogP contribution in [0.3, 0.4) is 0 Å². The molecule has 20 heavy (non-hydrogen) atoms. The first-order valence-corrected chi connectivity index (χ1v) is 6.60. The van der Waals surface area contributed by atoms with Gasteiger partial charge in [0.2, 0.25) is 0 Å². The molecule has 0 heterocycles. The van der Waals surface area contributed by atoms with E-state index in [1.165, 1.54) is 13.3 Å². The van der Waals surface area contributed by atoms with E-state index >= 15 is 0 Å². The number of phenols is 1. The number of phenolic OH excluding ortho intramolecular Hbond substituents is 1. The van der Waals surface area contributed by atoms with Gasteiger partial charge in [0.15, 0.2) is 0 Å². The quantitative estimate of drug-likeness (QED) is 0.688. The standard InChI is InChI=1S/C15H12BrNO3/c1-20-15(19)10-3-2-4-13(8-10)17-9-11-7-12(16)5-6-14(11)18/h2-9,18H,1H3. The van der Waals surface area contributed by atoms with Gasteiger partial charge in [0.25, 0.3) is 0 Å². The fraction of sp³-hybridized carbons (Fsp3) is 0.0667. The predicted molar refractivity (Wildman–Crippen MR) is 80.8 cm³/mol. The van der Waals surface area contributed by atoms with Gasteiger partial charge in [-0.1, -0.05) is 22.0 Å². The van der Waals surface area contributed by atoms with Crippen LogP contribution in [0.25, 0.3) is 0 Å². The molecule has 0 bridgehead atoms. The lowest BCUT2D eigenvalue weighted by atomic mass is 10.2. The molecule has 0 saturated heterocycles. The third-order valence-corrected chi connectivity index (χ3v) is 3.10. The molecule has 102 valence electrons. The maximum atomic E-state index is 11.4. The molecule has 2 aromatic rings. The number of aromatic hydroxyl groups is 1. The third kappa shape index (κ3) is 3.45. The minimum Gasteiger partial charge on any atom is -0.507 e. The molecule has 4 nitrogen and oxygen atoms in total. The fourth-order valence-corrected chi connectivity index (χ4v) is 1.98. The van der Waals surface area contributed by atoms with Crippen molar-refractivity contribution in [1.29, 1.82) is 0 Å². The number of halogens is 1. The first-order valence-electron chi connectivity index (χ1n) is 5.81. The molecule has 1 N–H and O–H groups in total. The van der Waals surface area contributed by atoms with E-state index in [1.807, 2.05) is 0 Å². The Morgan fingerprint density at radius 1 is 1.30 bits per heavy atom. The molecule has 0 aliphatic carbocycles. The van der Waals surface area contributed by atoms with Gasteiger partial charge in [-0.15, -0.1) is 0 Å². The van der Waals surface area contributed by atoms with Crippen molar-refractivity contribution in [3.05, 3.63) is 58.1 Å². The van der Waals surface area contributed by atoms with Gasteiger partial charge >= 0.3 is 5.97 Å². The van der Waals surface area contributed by atoms with Crippen LogP contribution in [0.5, 0.6) is 5.75 Å². The molecule has 0 aliphatic rings. The van der Waals surface area contributed by atoms with Crippen molar-refractivity contribution in [1.82, 2.24) is 0 Å². The molecular formula is C15H12BrNO3. The van der Waals surface area contributed by atoms with Crippen LogP contribution in [0.2, 0.25) is 0 Å². The summed E-state index contributed by atoms with van der Waals surface area (Å²) in [5.41, 5.74) is 1.62. The van der Waals surface area contributed by atoms with Crippen LogP contribution >= 0.6 is 15.9 Å². The fourth-order valence-electron chi connectivity index (χ4n) is 1.60. The Hall–Kier alpha value is -2.14. The zero-order valence-corrected chi connectivity index (χ0v) is 12.3. The molecule has 0 aliphatic heterocycles. The SMILES string of the molecule is COC(=O)c1cccc(N=Cc2cc(Br)ccc2O)c1. The van der Waals surface area contributed by atoms with Crippen molar-refractivity contribution in [3.63, 3.8) is 0 Å². The minimum atomic E-state index is -0.410. The lowest BCUT2D eigenvalue weighted by Gasteiger charge is -2.01. The first kappa shape index (κ1) is 14.3. The van der Waals surface area contributed by atoms with Crippen LogP contribution in [-0.2, 0) is 4.74 Å². The van der Waals surface area contributed by atoms with Crippen molar-refractivity contribution in [2.24, 2.45) is 4.99 Å². The van der Waals surface area contributed by atoms with Crippen LogP contribution in [0, 0.1) is 0 Å². The lowest BCUT2D eigenvalue weighted by Crippen LogP contribution is -1.99. The van der Waals surface area contributed by atoms with E-state index in [1.54, 1.807) is 42.5 Å². The van der Waals surface area contributed by atoms with Crippen molar-refractivity contribution in [3.8, 4) is 5.75 Å². The number of hydrogen-bond donors (Lipinski definition) is 1. The van der Waals surface area contributed by atoms with E-state index in [9.17, 15) is 9.90 Å². The maximum Gasteiger partial charge on any atom is 0.337 e. The number of nitrogens with zero attached hydrogens (tertiary/aromatic N) is 1. The molecule has 5 heteroatoms. The Morgan fingerprint density at radius 3 is 2.85 bits per heavy atom. The highest BCUT2D eigenvalue weighted by Gasteiger charge is 2.05. The van der Waals surface area contributed by atoms with Gasteiger partial charge in [-0.3, -0.25) is 4.99 Å². The Kier molecular flexibility index (Phi) is 4.53. The number of carbonyl (C=O) groups excluding carboxylic acids is 1. The van der Waals surface area contributed by atoms with E-state index in [0.717, 1.165) is 4.47 Å². The molecular weight excluding hydrogens is 322 g/mol. The van der Waals surface area contributed by atoms with Crippen LogP contribution in [0.1, 0.15) is 15.9 Å². The molecule has 0 amide bonds. The average Bonchev–Trinajstić information content (AvgIpc) is 2.47. The summed E-state index contributed by atoms with van der Waals surface area (Å²) in [5.74, 6) is -0.270. The number of rotatable bonds is 3. The molecule has 0 spiro atoms. The molecule has 0 fully saturated rings. The summed E-state index contributed by atoms with van der Waals surface area (Å²) in [4.78, 5) is 15.7. The molecule has 2 rings (SSSR count). The number of methoxy groups -OCH3 is 1. The number of esters is 1. The van der Waals surface area contributed by atoms with Crippen molar-refractivity contribution in [2.45, 2.75) is 0 Å². The lowest BCUT2D eigenvalue weighted by molar-refractivity contribution is 0.0601. The monoisotopic (exact) mass is 333 g/mol. The second-order valence-electron chi connectivity index (χ2n) is 4.00. The van der Waals surface area contributed by atoms with Crippen LogP contribution in [0.4, 0.5) is 5.69 Å². The van der Waals surface area contributed by atoms with Gasteiger partial charge in [-0.25, -0.2) is 4.79 Å². The second-order valence-corrected chi connectivity index (χ2v) is 4.92. The third-order valence-electron chi connectivity index (χ3n) is 2.61. The second kappa shape index (κ2) is 6.34. The van der Waals surface area contributed by atoms with Crippen molar-refractivity contribution < 1.29 is 14.6 Å². The Labute approximate surface area is 124 Å². The summed E-state index contributed by atoms with van der Waals surface area (Å²) in [5, 5.41) is 9.71. The zero-order valence-electron chi connectivity index (χ0n) is 10.7. The molecule has 0 saturated carbocycles. The Morgan fingerprint density at radius 2 is 2.10 bits per heavy atom. The number of benzene rings is 2. The summed E-state index contributed by atoms with van der Waals surface area (Å²) in [7, 11) is 1.33. The van der Waals surface area contributed by atoms with Crippen molar-refractivity contribution >= 4 is 33.8 Å². The van der Waals surface area contributed by atoms with E-state index in [0.29, 0.717) is 16.8 Å². The molecule has 0 radical (unpaired) electrons. The van der Waals surface area contributed by atoms with Crippen LogP contribution in [0.15, 0.2) is 51.9 Å². The number of aliphatic imine (C=N–C) groups is 1. The van der Waals surface area contributed by atoms with Gasteiger partial charge in [0.1, 0.15) is 5.75 Å². The van der Waals surface area contributed by atoms with Gasteiger partial charge in [0.05, 0.1) is 18.4 Å². The smallest absolute Gasteiger partial charge is 0.337 e. The normalized spacial score (nSPS) is 10.7. The van der Waals surface area contributed by atoms with E-state index in [-0.39, 0.29) is 5.75 Å². The highest BCUT2D eigenvalue weighted by molar-refractivity contribution is 9.10. The van der Waals surface area contributed by atoms with E-state index in [2.05, 4.69) is 25.7 Å². The summed E-state index contributed by atoms with van der Waals surface area (Å²) < 4.78 is 5.50. The van der Waals surface area contributed by atoms with Gasteiger partial charge < -0.3 is 9.84 Å². The molecule has 2 aromatic carbocycles. The molecule has 0 atom stereocenters. The Bertz CT molecular complexity index is 668. The van der Waals surface area contributed by atoms with Gasteiger partial charge in [0, 0.05) is 16.3 Å².